The average molecular weight is 622 g/mol. The van der Waals surface area contributed by atoms with Crippen LogP contribution in [0.15, 0.2) is 109 Å². The van der Waals surface area contributed by atoms with Crippen LogP contribution < -0.4 is 25.4 Å². The van der Waals surface area contributed by atoms with Crippen LogP contribution in [0, 0.1) is 0 Å². The van der Waals surface area contributed by atoms with Crippen LogP contribution in [-0.4, -0.2) is 46.9 Å². The topological polar surface area (TPSA) is 143 Å². The average Bonchev–Trinajstić information content (AvgIpc) is 3.06. The molecule has 0 radical (unpaired) electrons. The van der Waals surface area contributed by atoms with Crippen LogP contribution in [-0.2, 0) is 45.2 Å². The Balaban J connectivity index is 1.22. The molecule has 46 heavy (non-hydrogen) atoms. The molecule has 10 heteroatoms. The fraction of sp³-hybridized carbons (Fsp3) is 0.222. The summed E-state index contributed by atoms with van der Waals surface area (Å²) in [5.74, 6) is -1.92. The zero-order valence-electron chi connectivity index (χ0n) is 25.1. The number of amides is 3. The van der Waals surface area contributed by atoms with Crippen molar-refractivity contribution < 1.29 is 33.8 Å². The molecule has 1 fully saturated rings. The maximum absolute atomic E-state index is 12.9. The fourth-order valence-corrected chi connectivity index (χ4v) is 5.07. The minimum Gasteiger partial charge on any atom is -0.485 e. The number of hydrogen-bond donors (Lipinski definition) is 4. The molecule has 4 aromatic rings. The molecule has 0 saturated carbocycles. The summed E-state index contributed by atoms with van der Waals surface area (Å²) < 4.78 is 12.1. The van der Waals surface area contributed by atoms with Gasteiger partial charge in [0, 0.05) is 12.8 Å². The zero-order chi connectivity index (χ0) is 32.3. The predicted molar refractivity (Wildman–Crippen MR) is 170 cm³/mol. The van der Waals surface area contributed by atoms with Crippen LogP contribution in [0.25, 0.3) is 0 Å². The van der Waals surface area contributed by atoms with Crippen LogP contribution in [0.4, 0.5) is 0 Å². The molecule has 1 heterocycles. The lowest BCUT2D eigenvalue weighted by atomic mass is 10.0. The molecule has 236 valence electrons. The number of ether oxygens (including phenoxy) is 2. The van der Waals surface area contributed by atoms with E-state index in [1.807, 2.05) is 91.0 Å². The smallest absolute Gasteiger partial charge is 0.326 e. The van der Waals surface area contributed by atoms with Gasteiger partial charge in [-0.1, -0.05) is 97.1 Å². The Kier molecular flexibility index (Phi) is 10.6. The Hall–Kier alpha value is -5.64. The molecule has 0 bridgehead atoms. The molecule has 0 aromatic heterocycles. The maximum Gasteiger partial charge on any atom is 0.326 e. The standard InChI is InChI=1S/C36H35N3O7/c40-33(21-29-35(42)38-28(34(41)39-29)18-24-10-4-1-5-11-24)37-30(36(43)44)19-27-16-17-31(45-22-25-12-6-2-7-13-25)32(20-27)46-23-26-14-8-3-9-15-26/h1-17,20,28-30H,18-19,21-23H2,(H,37,40)(H,38,42)(H,39,41)(H,43,44)/t28-,29-,30-/m0/s1. The Labute approximate surface area is 266 Å². The first-order valence-corrected chi connectivity index (χ1v) is 15.0. The van der Waals surface area contributed by atoms with Crippen LogP contribution >= 0.6 is 0 Å². The van der Waals surface area contributed by atoms with E-state index >= 15 is 0 Å². The molecule has 3 amide bonds. The molecule has 1 aliphatic rings. The van der Waals surface area contributed by atoms with Crippen molar-refractivity contribution in [2.24, 2.45) is 0 Å². The summed E-state index contributed by atoms with van der Waals surface area (Å²) in [6.45, 7) is 0.584. The summed E-state index contributed by atoms with van der Waals surface area (Å²) in [5.41, 5.74) is 3.40. The highest BCUT2D eigenvalue weighted by atomic mass is 16.5. The summed E-state index contributed by atoms with van der Waals surface area (Å²) in [6.07, 6.45) is -0.146. The molecule has 0 spiro atoms. The van der Waals surface area contributed by atoms with E-state index in [1.54, 1.807) is 18.2 Å². The highest BCUT2D eigenvalue weighted by Crippen LogP contribution is 2.31. The van der Waals surface area contributed by atoms with Gasteiger partial charge in [-0.3, -0.25) is 14.4 Å². The molecular weight excluding hydrogens is 586 g/mol. The van der Waals surface area contributed by atoms with Gasteiger partial charge < -0.3 is 30.5 Å². The summed E-state index contributed by atoms with van der Waals surface area (Å²) >= 11 is 0. The SMILES string of the molecule is O=C(C[C@@H]1NC(=O)[C@H](Cc2ccccc2)NC1=O)N[C@@H](Cc1ccc(OCc2ccccc2)c(OCc2ccccc2)c1)C(=O)O. The maximum atomic E-state index is 12.9. The highest BCUT2D eigenvalue weighted by Gasteiger charge is 2.35. The number of carboxylic acid groups (broad SMARTS) is 1. The molecule has 3 atom stereocenters. The monoisotopic (exact) mass is 621 g/mol. The minimum atomic E-state index is -1.29. The number of nitrogens with one attached hydrogen (secondary N) is 3. The van der Waals surface area contributed by atoms with Gasteiger partial charge in [-0.05, 0) is 34.4 Å². The summed E-state index contributed by atoms with van der Waals surface area (Å²) in [5, 5.41) is 17.7. The Bertz CT molecular complexity index is 1650. The number of rotatable bonds is 14. The highest BCUT2D eigenvalue weighted by molar-refractivity contribution is 5.99. The lowest BCUT2D eigenvalue weighted by Crippen LogP contribution is -2.63. The number of aliphatic carboxylic acids is 1. The fourth-order valence-electron chi connectivity index (χ4n) is 5.07. The van der Waals surface area contributed by atoms with Gasteiger partial charge in [-0.15, -0.1) is 0 Å². The second-order valence-electron chi connectivity index (χ2n) is 11.0. The van der Waals surface area contributed by atoms with Gasteiger partial charge in [0.15, 0.2) is 11.5 Å². The summed E-state index contributed by atoms with van der Waals surface area (Å²) in [6, 6.07) is 30.5. The van der Waals surface area contributed by atoms with E-state index in [2.05, 4.69) is 16.0 Å². The van der Waals surface area contributed by atoms with E-state index in [0.29, 0.717) is 30.1 Å². The third-order valence-electron chi connectivity index (χ3n) is 7.49. The van der Waals surface area contributed by atoms with Gasteiger partial charge in [-0.25, -0.2) is 4.79 Å². The van der Waals surface area contributed by atoms with E-state index in [9.17, 15) is 24.3 Å². The normalized spacial score (nSPS) is 16.4. The first-order valence-electron chi connectivity index (χ1n) is 15.0. The lowest BCUT2D eigenvalue weighted by molar-refractivity contribution is -0.142. The van der Waals surface area contributed by atoms with E-state index < -0.39 is 48.2 Å². The second-order valence-corrected chi connectivity index (χ2v) is 11.0. The van der Waals surface area contributed by atoms with E-state index in [1.165, 1.54) is 0 Å². The van der Waals surface area contributed by atoms with Crippen LogP contribution in [0.5, 0.6) is 11.5 Å². The molecule has 4 aromatic carbocycles. The first kappa shape index (κ1) is 31.8. The van der Waals surface area contributed by atoms with Gasteiger partial charge in [0.1, 0.15) is 31.3 Å². The van der Waals surface area contributed by atoms with Gasteiger partial charge in [0.05, 0.1) is 6.42 Å². The quantitative estimate of drug-likeness (QED) is 0.169. The van der Waals surface area contributed by atoms with Crippen LogP contribution in [0.3, 0.4) is 0 Å². The van der Waals surface area contributed by atoms with Crippen molar-refractivity contribution >= 4 is 23.7 Å². The number of carbonyl (C=O) groups is 4. The third kappa shape index (κ3) is 8.95. The van der Waals surface area contributed by atoms with Crippen molar-refractivity contribution in [3.05, 3.63) is 131 Å². The predicted octanol–water partition coefficient (Wildman–Crippen LogP) is 3.57. The molecule has 10 nitrogen and oxygen atoms in total. The van der Waals surface area contributed by atoms with Crippen LogP contribution in [0.1, 0.15) is 28.7 Å². The van der Waals surface area contributed by atoms with Gasteiger partial charge >= 0.3 is 5.97 Å². The van der Waals surface area contributed by atoms with Crippen LogP contribution in [0.2, 0.25) is 0 Å². The summed E-state index contributed by atoms with van der Waals surface area (Å²) in [4.78, 5) is 50.4. The van der Waals surface area contributed by atoms with Gasteiger partial charge in [0.2, 0.25) is 17.7 Å². The van der Waals surface area contributed by atoms with E-state index in [4.69, 9.17) is 9.47 Å². The van der Waals surface area contributed by atoms with Crippen molar-refractivity contribution in [3.8, 4) is 11.5 Å². The molecule has 5 rings (SSSR count). The van der Waals surface area contributed by atoms with Gasteiger partial charge in [0.25, 0.3) is 0 Å². The van der Waals surface area contributed by atoms with Crippen molar-refractivity contribution in [3.63, 3.8) is 0 Å². The first-order chi connectivity index (χ1) is 22.3. The third-order valence-corrected chi connectivity index (χ3v) is 7.49. The Morgan fingerprint density at radius 2 is 1.20 bits per heavy atom. The zero-order valence-corrected chi connectivity index (χ0v) is 25.1. The van der Waals surface area contributed by atoms with E-state index in [-0.39, 0.29) is 13.0 Å². The van der Waals surface area contributed by atoms with Crippen molar-refractivity contribution in [1.29, 1.82) is 0 Å². The molecular formula is C36H35N3O7. The van der Waals surface area contributed by atoms with Crippen molar-refractivity contribution in [2.75, 3.05) is 0 Å². The van der Waals surface area contributed by atoms with E-state index in [0.717, 1.165) is 16.7 Å². The number of piperazine rings is 1. The summed E-state index contributed by atoms with van der Waals surface area (Å²) in [7, 11) is 0. The molecule has 0 unspecified atom stereocenters. The molecule has 1 aliphatic heterocycles. The number of carbonyl (C=O) groups excluding carboxylic acids is 3. The molecule has 4 N–H and O–H groups in total. The number of carboxylic acids is 1. The Morgan fingerprint density at radius 3 is 1.78 bits per heavy atom. The molecule has 0 aliphatic carbocycles. The number of benzene rings is 4. The number of hydrogen-bond acceptors (Lipinski definition) is 6. The Morgan fingerprint density at radius 1 is 0.674 bits per heavy atom. The second kappa shape index (κ2) is 15.4. The minimum absolute atomic E-state index is 0.0515. The van der Waals surface area contributed by atoms with Gasteiger partial charge in [-0.2, -0.15) is 0 Å². The largest absolute Gasteiger partial charge is 0.485 e. The van der Waals surface area contributed by atoms with Crippen molar-refractivity contribution in [2.45, 2.75) is 50.6 Å². The molecule has 1 saturated heterocycles. The van der Waals surface area contributed by atoms with Crippen molar-refractivity contribution in [1.82, 2.24) is 16.0 Å². The lowest BCUT2D eigenvalue weighted by Gasteiger charge is -2.29.